The summed E-state index contributed by atoms with van der Waals surface area (Å²) >= 11 is 0. The fourth-order valence-electron chi connectivity index (χ4n) is 2.85. The molecule has 1 amide bonds. The van der Waals surface area contributed by atoms with E-state index in [2.05, 4.69) is 25.5 Å². The molecular weight excluding hydrogens is 348 g/mol. The third-order valence-corrected chi connectivity index (χ3v) is 4.09. The molecule has 0 aliphatic rings. The number of fused-ring (bicyclic) bond motifs is 1. The van der Waals surface area contributed by atoms with Crippen molar-refractivity contribution in [2.75, 3.05) is 0 Å². The number of amides is 1. The van der Waals surface area contributed by atoms with Gasteiger partial charge in [0.15, 0.2) is 5.65 Å². The van der Waals surface area contributed by atoms with Gasteiger partial charge in [-0.05, 0) is 26.0 Å². The summed E-state index contributed by atoms with van der Waals surface area (Å²) in [7, 11) is 0. The Bertz CT molecular complexity index is 1190. The minimum atomic E-state index is -0.361. The molecule has 0 aromatic carbocycles. The summed E-state index contributed by atoms with van der Waals surface area (Å²) in [6, 6.07) is 6.70. The van der Waals surface area contributed by atoms with Crippen molar-refractivity contribution in [1.82, 2.24) is 30.1 Å². The Kier molecular flexibility index (Phi) is 4.03. The fourth-order valence-corrected chi connectivity index (χ4v) is 2.85. The zero-order valence-corrected chi connectivity index (χ0v) is 14.7. The first-order valence-corrected chi connectivity index (χ1v) is 8.26. The summed E-state index contributed by atoms with van der Waals surface area (Å²) < 4.78 is 6.54. The van der Waals surface area contributed by atoms with Gasteiger partial charge in [-0.15, -0.1) is 0 Å². The van der Waals surface area contributed by atoms with Gasteiger partial charge in [-0.2, -0.15) is 0 Å². The van der Waals surface area contributed by atoms with Crippen LogP contribution in [0.1, 0.15) is 27.5 Å². The maximum atomic E-state index is 12.7. The smallest absolute Gasteiger partial charge is 0.272 e. The van der Waals surface area contributed by atoms with Crippen molar-refractivity contribution in [2.24, 2.45) is 0 Å². The maximum absolute atomic E-state index is 12.7. The predicted octanol–water partition coefficient (Wildman–Crippen LogP) is 1.62. The van der Waals surface area contributed by atoms with Crippen molar-refractivity contribution < 1.29 is 9.32 Å². The number of hydrogen-bond acceptors (Lipinski definition) is 6. The second-order valence-electron chi connectivity index (χ2n) is 6.11. The van der Waals surface area contributed by atoms with Crippen LogP contribution in [0.4, 0.5) is 0 Å². The standard InChI is InChI=1S/C18H16N6O3/c1-10-6-14-21-13(7-15(25)24(14)22-10)9-20-18(26)16-11(2)27-23-17(16)12-4-3-5-19-8-12/h3-8,22H,9H2,1-2H3,(H,20,26). The molecule has 0 bridgehead atoms. The van der Waals surface area contributed by atoms with Crippen molar-refractivity contribution >= 4 is 11.6 Å². The van der Waals surface area contributed by atoms with E-state index in [0.29, 0.717) is 33.9 Å². The molecule has 4 heterocycles. The molecule has 0 radical (unpaired) electrons. The van der Waals surface area contributed by atoms with Crippen molar-refractivity contribution in [3.05, 3.63) is 69.7 Å². The minimum absolute atomic E-state index is 0.103. The molecule has 0 fully saturated rings. The van der Waals surface area contributed by atoms with Gasteiger partial charge in [-0.25, -0.2) is 9.50 Å². The van der Waals surface area contributed by atoms with Crippen LogP contribution in [0, 0.1) is 13.8 Å². The number of aryl methyl sites for hydroxylation is 2. The first-order chi connectivity index (χ1) is 13.0. The molecule has 27 heavy (non-hydrogen) atoms. The van der Waals surface area contributed by atoms with Gasteiger partial charge >= 0.3 is 0 Å². The molecular formula is C18H16N6O3. The van der Waals surface area contributed by atoms with Gasteiger partial charge in [0.25, 0.3) is 11.5 Å². The van der Waals surface area contributed by atoms with Crippen molar-refractivity contribution in [3.8, 4) is 11.3 Å². The van der Waals surface area contributed by atoms with Gasteiger partial charge in [-0.3, -0.25) is 19.7 Å². The predicted molar refractivity (Wildman–Crippen MR) is 96.2 cm³/mol. The molecule has 0 unspecified atom stereocenters. The number of H-pyrrole nitrogens is 1. The Labute approximate surface area is 153 Å². The number of rotatable bonds is 4. The summed E-state index contributed by atoms with van der Waals surface area (Å²) in [5.74, 6) is 0.0379. The normalized spacial score (nSPS) is 11.0. The average molecular weight is 364 g/mol. The third kappa shape index (κ3) is 3.10. The summed E-state index contributed by atoms with van der Waals surface area (Å²) in [4.78, 5) is 33.2. The fraction of sp³-hybridized carbons (Fsp3) is 0.167. The average Bonchev–Trinajstić information content (AvgIpc) is 3.23. The lowest BCUT2D eigenvalue weighted by atomic mass is 10.1. The summed E-state index contributed by atoms with van der Waals surface area (Å²) in [5.41, 5.74) is 2.98. The van der Waals surface area contributed by atoms with Gasteiger partial charge in [0.2, 0.25) is 0 Å². The van der Waals surface area contributed by atoms with E-state index >= 15 is 0 Å². The SMILES string of the molecule is Cc1cc2nc(CNC(=O)c3c(-c4cccnc4)noc3C)cc(=O)n2[nH]1. The Hall–Kier alpha value is -3.75. The number of carbonyl (C=O) groups excluding carboxylic acids is 1. The minimum Gasteiger partial charge on any atom is -0.360 e. The summed E-state index contributed by atoms with van der Waals surface area (Å²) in [6.45, 7) is 3.61. The van der Waals surface area contributed by atoms with Crippen LogP contribution in [-0.4, -0.2) is 30.6 Å². The second-order valence-corrected chi connectivity index (χ2v) is 6.11. The number of nitrogens with one attached hydrogen (secondary N) is 2. The van der Waals surface area contributed by atoms with Crippen LogP contribution < -0.4 is 10.9 Å². The molecule has 0 spiro atoms. The summed E-state index contributed by atoms with van der Waals surface area (Å²) in [6.07, 6.45) is 3.25. The molecule has 4 aromatic heterocycles. The lowest BCUT2D eigenvalue weighted by molar-refractivity contribution is 0.0949. The molecule has 0 aliphatic heterocycles. The zero-order valence-electron chi connectivity index (χ0n) is 14.7. The van der Waals surface area contributed by atoms with Gasteiger partial charge in [-0.1, -0.05) is 5.16 Å². The molecule has 9 nitrogen and oxygen atoms in total. The first kappa shape index (κ1) is 16.7. The van der Waals surface area contributed by atoms with Crippen LogP contribution in [0.15, 0.2) is 46.0 Å². The highest BCUT2D eigenvalue weighted by Gasteiger charge is 2.21. The quantitative estimate of drug-likeness (QED) is 0.568. The van der Waals surface area contributed by atoms with Gasteiger partial charge in [0.05, 0.1) is 12.2 Å². The number of aromatic nitrogens is 5. The van der Waals surface area contributed by atoms with E-state index in [1.807, 2.05) is 6.92 Å². The van der Waals surface area contributed by atoms with E-state index < -0.39 is 0 Å². The molecule has 0 saturated heterocycles. The van der Waals surface area contributed by atoms with Crippen molar-refractivity contribution in [2.45, 2.75) is 20.4 Å². The van der Waals surface area contributed by atoms with E-state index in [4.69, 9.17) is 4.52 Å². The largest absolute Gasteiger partial charge is 0.360 e. The highest BCUT2D eigenvalue weighted by molar-refractivity contribution is 6.00. The van der Waals surface area contributed by atoms with Crippen molar-refractivity contribution in [3.63, 3.8) is 0 Å². The van der Waals surface area contributed by atoms with Crippen LogP contribution in [0.25, 0.3) is 16.9 Å². The van der Waals surface area contributed by atoms with Gasteiger partial charge < -0.3 is 9.84 Å². The molecule has 4 aromatic rings. The molecule has 0 atom stereocenters. The van der Waals surface area contributed by atoms with Crippen molar-refractivity contribution in [1.29, 1.82) is 0 Å². The first-order valence-electron chi connectivity index (χ1n) is 8.26. The zero-order chi connectivity index (χ0) is 19.0. The van der Waals surface area contributed by atoms with E-state index in [0.717, 1.165) is 5.69 Å². The maximum Gasteiger partial charge on any atom is 0.272 e. The number of aromatic amines is 1. The summed E-state index contributed by atoms with van der Waals surface area (Å²) in [5, 5.41) is 9.64. The third-order valence-electron chi connectivity index (χ3n) is 4.09. The number of hydrogen-bond donors (Lipinski definition) is 2. The molecule has 2 N–H and O–H groups in total. The monoisotopic (exact) mass is 364 g/mol. The number of carbonyl (C=O) groups is 1. The highest BCUT2D eigenvalue weighted by Crippen LogP contribution is 2.24. The van der Waals surface area contributed by atoms with E-state index in [9.17, 15) is 9.59 Å². The lowest BCUT2D eigenvalue weighted by Crippen LogP contribution is -2.26. The lowest BCUT2D eigenvalue weighted by Gasteiger charge is -2.06. The molecule has 0 aliphatic carbocycles. The second kappa shape index (κ2) is 6.52. The van der Waals surface area contributed by atoms with E-state index in [1.165, 1.54) is 10.6 Å². The topological polar surface area (TPSA) is 118 Å². The van der Waals surface area contributed by atoms with Gasteiger partial charge in [0.1, 0.15) is 17.0 Å². The van der Waals surface area contributed by atoms with Crippen LogP contribution in [0.5, 0.6) is 0 Å². The molecule has 4 rings (SSSR count). The van der Waals surface area contributed by atoms with Crippen LogP contribution >= 0.6 is 0 Å². The van der Waals surface area contributed by atoms with E-state index in [-0.39, 0.29) is 18.0 Å². The molecule has 9 heteroatoms. The molecule has 0 saturated carbocycles. The van der Waals surface area contributed by atoms with Crippen LogP contribution in [0.2, 0.25) is 0 Å². The Morgan fingerprint density at radius 1 is 1.33 bits per heavy atom. The highest BCUT2D eigenvalue weighted by atomic mass is 16.5. The Balaban J connectivity index is 1.59. The van der Waals surface area contributed by atoms with Crippen LogP contribution in [0.3, 0.4) is 0 Å². The molecule has 136 valence electrons. The Morgan fingerprint density at radius 2 is 2.19 bits per heavy atom. The van der Waals surface area contributed by atoms with Gasteiger partial charge in [0, 0.05) is 35.8 Å². The van der Waals surface area contributed by atoms with Crippen LogP contribution in [-0.2, 0) is 6.54 Å². The number of nitrogens with zero attached hydrogens (tertiary/aromatic N) is 4. The van der Waals surface area contributed by atoms with E-state index in [1.54, 1.807) is 37.5 Å². The number of pyridine rings is 1. The Morgan fingerprint density at radius 3 is 2.96 bits per heavy atom.